The fraction of sp³-hybridized carbons (Fsp3) is 0.250. The van der Waals surface area contributed by atoms with Gasteiger partial charge in [-0.3, -0.25) is 4.79 Å². The van der Waals surface area contributed by atoms with Gasteiger partial charge in [-0.15, -0.1) is 0 Å². The number of carboxylic acid groups (broad SMARTS) is 1. The summed E-state index contributed by atoms with van der Waals surface area (Å²) in [6.07, 6.45) is 2.55. The summed E-state index contributed by atoms with van der Waals surface area (Å²) in [5.41, 5.74) is 1.27. The van der Waals surface area contributed by atoms with Crippen molar-refractivity contribution in [3.05, 3.63) is 62.9 Å². The minimum atomic E-state index is -1.88. The average molecular weight is 448 g/mol. The van der Waals surface area contributed by atoms with Gasteiger partial charge in [-0.05, 0) is 36.8 Å². The maximum Gasteiger partial charge on any atom is 0.343 e. The molecule has 3 aromatic rings. The highest BCUT2D eigenvalue weighted by Crippen LogP contribution is 2.39. The van der Waals surface area contributed by atoms with Gasteiger partial charge in [-0.1, -0.05) is 6.92 Å². The van der Waals surface area contributed by atoms with Crippen LogP contribution in [0.4, 0.5) is 0 Å². The Morgan fingerprint density at radius 2 is 2.12 bits per heavy atom. The number of carboxylic acids is 1. The zero-order chi connectivity index (χ0) is 23.5. The number of nitrogens with zero attached hydrogens (tertiary/aromatic N) is 2. The number of aliphatic carboxylic acids is 1. The molecule has 0 radical (unpaired) electrons. The average Bonchev–Trinajstić information content (AvgIpc) is 3.16. The Hall–Kier alpha value is -3.98. The highest BCUT2D eigenvalue weighted by atomic mass is 16.6. The topological polar surface area (TPSA) is 128 Å². The molecule has 0 fully saturated rings. The van der Waals surface area contributed by atoms with E-state index < -0.39 is 17.5 Å². The summed E-state index contributed by atoms with van der Waals surface area (Å²) in [5.74, 6) is -1.37. The minimum Gasteiger partial charge on any atom is -0.496 e. The summed E-state index contributed by atoms with van der Waals surface area (Å²) in [5, 5.41) is 20.7. The standard InChI is InChI=1S/C24H20N2O7/c1-3-24(31)16-9-18-21-12(10-26(18)22(29)15(16)11-33-23(24)30)8-14-13(4-7-20(27)28)19(32-2)6-5-17(14)25-21/h4-9,31H,3,10-11H2,1-2H3,(H,27,28)/t24-/m0/s1. The van der Waals surface area contributed by atoms with Gasteiger partial charge in [0.2, 0.25) is 0 Å². The Morgan fingerprint density at radius 3 is 2.82 bits per heavy atom. The molecule has 2 aliphatic heterocycles. The van der Waals surface area contributed by atoms with E-state index in [9.17, 15) is 19.5 Å². The molecule has 1 aromatic carbocycles. The molecule has 5 rings (SSSR count). The third-order valence-electron chi connectivity index (χ3n) is 6.31. The lowest BCUT2D eigenvalue weighted by atomic mass is 9.86. The van der Waals surface area contributed by atoms with Crippen molar-refractivity contribution in [2.24, 2.45) is 0 Å². The number of ether oxygens (including phenoxy) is 2. The van der Waals surface area contributed by atoms with Gasteiger partial charge in [0, 0.05) is 28.2 Å². The maximum absolute atomic E-state index is 13.3. The number of carbonyl (C=O) groups excluding carboxylic acids is 1. The number of rotatable bonds is 4. The van der Waals surface area contributed by atoms with E-state index in [1.165, 1.54) is 13.2 Å². The number of benzene rings is 1. The number of pyridine rings is 2. The summed E-state index contributed by atoms with van der Waals surface area (Å²) in [7, 11) is 1.50. The van der Waals surface area contributed by atoms with E-state index >= 15 is 0 Å². The second-order valence-electron chi connectivity index (χ2n) is 8.02. The number of hydrogen-bond donors (Lipinski definition) is 2. The van der Waals surface area contributed by atoms with Crippen LogP contribution < -0.4 is 10.3 Å². The number of cyclic esters (lactones) is 1. The van der Waals surface area contributed by atoms with Gasteiger partial charge in [0.1, 0.15) is 12.4 Å². The summed E-state index contributed by atoms with van der Waals surface area (Å²) in [4.78, 5) is 41.4. The van der Waals surface area contributed by atoms with Crippen molar-refractivity contribution in [2.45, 2.75) is 32.1 Å². The van der Waals surface area contributed by atoms with Gasteiger partial charge in [-0.25, -0.2) is 14.6 Å². The van der Waals surface area contributed by atoms with E-state index in [-0.39, 0.29) is 36.3 Å². The summed E-state index contributed by atoms with van der Waals surface area (Å²) >= 11 is 0. The molecule has 33 heavy (non-hydrogen) atoms. The fourth-order valence-electron chi connectivity index (χ4n) is 4.56. The Kier molecular flexibility index (Phi) is 4.61. The predicted molar refractivity (Wildman–Crippen MR) is 118 cm³/mol. The molecule has 0 saturated carbocycles. The van der Waals surface area contributed by atoms with Crippen LogP contribution in [-0.4, -0.2) is 38.8 Å². The molecule has 0 amide bonds. The van der Waals surface area contributed by atoms with Crippen molar-refractivity contribution < 1.29 is 29.3 Å². The molecule has 168 valence electrons. The second kappa shape index (κ2) is 7.28. The van der Waals surface area contributed by atoms with E-state index in [1.807, 2.05) is 6.07 Å². The Bertz CT molecular complexity index is 1450. The van der Waals surface area contributed by atoms with Crippen LogP contribution in [0.1, 0.15) is 35.6 Å². The first kappa shape index (κ1) is 20.9. The second-order valence-corrected chi connectivity index (χ2v) is 8.02. The highest BCUT2D eigenvalue weighted by molar-refractivity contribution is 5.96. The molecule has 1 atom stereocenters. The Morgan fingerprint density at radius 1 is 1.33 bits per heavy atom. The van der Waals surface area contributed by atoms with Crippen LogP contribution in [0.3, 0.4) is 0 Å². The number of fused-ring (bicyclic) bond motifs is 5. The number of methoxy groups -OCH3 is 1. The Labute approximate surface area is 187 Å². The molecule has 2 aromatic heterocycles. The van der Waals surface area contributed by atoms with Crippen molar-refractivity contribution >= 4 is 28.9 Å². The third kappa shape index (κ3) is 2.96. The largest absolute Gasteiger partial charge is 0.496 e. The maximum atomic E-state index is 13.3. The number of aromatic nitrogens is 2. The zero-order valence-corrected chi connectivity index (χ0v) is 17.9. The van der Waals surface area contributed by atoms with Gasteiger partial charge < -0.3 is 24.3 Å². The quantitative estimate of drug-likeness (QED) is 0.359. The molecule has 2 N–H and O–H groups in total. The molecular formula is C24H20N2O7. The highest BCUT2D eigenvalue weighted by Gasteiger charge is 2.45. The van der Waals surface area contributed by atoms with E-state index in [0.717, 1.165) is 11.6 Å². The lowest BCUT2D eigenvalue weighted by molar-refractivity contribution is -0.172. The normalized spacial score (nSPS) is 18.7. The molecular weight excluding hydrogens is 428 g/mol. The first-order valence-electron chi connectivity index (χ1n) is 10.4. The number of aliphatic hydroxyl groups is 1. The van der Waals surface area contributed by atoms with Crippen molar-refractivity contribution in [1.82, 2.24) is 9.55 Å². The van der Waals surface area contributed by atoms with Crippen LogP contribution in [0.2, 0.25) is 0 Å². The molecule has 0 spiro atoms. The lowest BCUT2D eigenvalue weighted by Gasteiger charge is -2.31. The Balaban J connectivity index is 1.75. The zero-order valence-electron chi connectivity index (χ0n) is 17.9. The summed E-state index contributed by atoms with van der Waals surface area (Å²) < 4.78 is 12.0. The number of esters is 1. The van der Waals surface area contributed by atoms with Crippen LogP contribution in [0, 0.1) is 0 Å². The van der Waals surface area contributed by atoms with Crippen LogP contribution in [0.15, 0.2) is 35.1 Å². The van der Waals surface area contributed by atoms with Crippen molar-refractivity contribution in [2.75, 3.05) is 7.11 Å². The van der Waals surface area contributed by atoms with E-state index in [4.69, 9.17) is 19.6 Å². The number of carbonyl (C=O) groups is 2. The molecule has 0 saturated heterocycles. The van der Waals surface area contributed by atoms with Crippen LogP contribution in [0.5, 0.6) is 5.75 Å². The molecule has 9 nitrogen and oxygen atoms in total. The minimum absolute atomic E-state index is 0.0683. The van der Waals surface area contributed by atoms with Gasteiger partial charge in [0.25, 0.3) is 5.56 Å². The van der Waals surface area contributed by atoms with Crippen LogP contribution >= 0.6 is 0 Å². The fourth-order valence-corrected chi connectivity index (χ4v) is 4.56. The van der Waals surface area contributed by atoms with Crippen LogP contribution in [-0.2, 0) is 33.1 Å². The monoisotopic (exact) mass is 448 g/mol. The molecule has 4 heterocycles. The lowest BCUT2D eigenvalue weighted by Crippen LogP contribution is -2.44. The third-order valence-corrected chi connectivity index (χ3v) is 6.31. The van der Waals surface area contributed by atoms with E-state index in [2.05, 4.69) is 0 Å². The molecule has 2 aliphatic rings. The molecule has 9 heteroatoms. The van der Waals surface area contributed by atoms with Crippen molar-refractivity contribution in [3.63, 3.8) is 0 Å². The van der Waals surface area contributed by atoms with Gasteiger partial charge in [0.15, 0.2) is 5.60 Å². The van der Waals surface area contributed by atoms with E-state index in [0.29, 0.717) is 33.6 Å². The van der Waals surface area contributed by atoms with Gasteiger partial charge >= 0.3 is 11.9 Å². The first-order chi connectivity index (χ1) is 15.8. The summed E-state index contributed by atoms with van der Waals surface area (Å²) in [6, 6.07) is 6.97. The van der Waals surface area contributed by atoms with Gasteiger partial charge in [-0.2, -0.15) is 0 Å². The van der Waals surface area contributed by atoms with Crippen LogP contribution in [0.25, 0.3) is 28.4 Å². The van der Waals surface area contributed by atoms with Gasteiger partial charge in [0.05, 0.1) is 36.1 Å². The van der Waals surface area contributed by atoms with E-state index in [1.54, 1.807) is 29.7 Å². The smallest absolute Gasteiger partial charge is 0.343 e. The molecule has 0 aliphatic carbocycles. The van der Waals surface area contributed by atoms with Crippen molar-refractivity contribution in [1.29, 1.82) is 0 Å². The number of hydrogen-bond acceptors (Lipinski definition) is 7. The molecule has 0 unspecified atom stereocenters. The summed E-state index contributed by atoms with van der Waals surface area (Å²) in [6.45, 7) is 1.71. The van der Waals surface area contributed by atoms with Crippen molar-refractivity contribution in [3.8, 4) is 17.1 Å². The predicted octanol–water partition coefficient (Wildman–Crippen LogP) is 2.19. The first-order valence-corrected chi connectivity index (χ1v) is 10.4. The SMILES string of the molecule is CC[C@@]1(O)C(=O)OCc2c1cc1n(c2=O)Cc2cc3c(C=CC(=O)O)c(OC)ccc3nc2-1. The molecule has 0 bridgehead atoms.